The lowest BCUT2D eigenvalue weighted by molar-refractivity contribution is -0.114. The Morgan fingerprint density at radius 1 is 1.10 bits per heavy atom. The number of benzene rings is 2. The Labute approximate surface area is 123 Å². The van der Waals surface area contributed by atoms with E-state index in [0.717, 1.165) is 22.4 Å². The Morgan fingerprint density at radius 2 is 1.86 bits per heavy atom. The summed E-state index contributed by atoms with van der Waals surface area (Å²) in [6, 6.07) is 15.8. The van der Waals surface area contributed by atoms with Crippen molar-refractivity contribution in [3.63, 3.8) is 0 Å². The highest BCUT2D eigenvalue weighted by Crippen LogP contribution is 2.33. The molecule has 1 heterocycles. The summed E-state index contributed by atoms with van der Waals surface area (Å²) in [6.45, 7) is 2.73. The minimum Gasteiger partial charge on any atom is -0.346 e. The number of anilines is 1. The van der Waals surface area contributed by atoms with Crippen molar-refractivity contribution in [1.82, 2.24) is 0 Å². The van der Waals surface area contributed by atoms with Crippen LogP contribution in [0.25, 0.3) is 11.1 Å². The first-order valence-corrected chi connectivity index (χ1v) is 6.94. The van der Waals surface area contributed by atoms with Gasteiger partial charge >= 0.3 is 0 Å². The number of hydrogen-bond donors (Lipinski definition) is 1. The molecule has 0 saturated carbocycles. The number of carbonyl (C=O) groups is 1. The smallest absolute Gasteiger partial charge is 0.221 e. The molecule has 1 amide bonds. The van der Waals surface area contributed by atoms with Crippen molar-refractivity contribution in [3.8, 4) is 11.1 Å². The zero-order valence-corrected chi connectivity index (χ0v) is 11.8. The summed E-state index contributed by atoms with van der Waals surface area (Å²) in [6.07, 6.45) is -0.314. The average molecular weight is 283 g/mol. The number of ether oxygens (including phenoxy) is 2. The molecule has 1 fully saturated rings. The molecular formula is C17H17NO3. The quantitative estimate of drug-likeness (QED) is 0.939. The molecule has 2 aromatic rings. The second kappa shape index (κ2) is 6.08. The molecule has 3 rings (SSSR count). The van der Waals surface area contributed by atoms with Gasteiger partial charge in [0.05, 0.1) is 13.2 Å². The van der Waals surface area contributed by atoms with E-state index in [1.807, 2.05) is 48.5 Å². The van der Waals surface area contributed by atoms with Crippen molar-refractivity contribution in [1.29, 1.82) is 0 Å². The lowest BCUT2D eigenvalue weighted by Gasteiger charge is -2.15. The van der Waals surface area contributed by atoms with Crippen LogP contribution in [0.15, 0.2) is 48.5 Å². The van der Waals surface area contributed by atoms with Crippen molar-refractivity contribution in [2.75, 3.05) is 18.5 Å². The molecule has 108 valence electrons. The number of nitrogens with one attached hydrogen (secondary N) is 1. The van der Waals surface area contributed by atoms with Crippen LogP contribution in [0.5, 0.6) is 0 Å². The Hall–Kier alpha value is -2.17. The molecule has 4 nitrogen and oxygen atoms in total. The molecule has 21 heavy (non-hydrogen) atoms. The van der Waals surface area contributed by atoms with Crippen molar-refractivity contribution in [3.05, 3.63) is 54.1 Å². The third-order valence-corrected chi connectivity index (χ3v) is 3.33. The summed E-state index contributed by atoms with van der Waals surface area (Å²) in [7, 11) is 0. The van der Waals surface area contributed by atoms with E-state index in [1.54, 1.807) is 0 Å². The lowest BCUT2D eigenvalue weighted by Crippen LogP contribution is -2.05. The minimum absolute atomic E-state index is 0.0807. The fourth-order valence-electron chi connectivity index (χ4n) is 2.47. The van der Waals surface area contributed by atoms with Crippen LogP contribution < -0.4 is 5.32 Å². The normalized spacial score (nSPS) is 15.1. The molecular weight excluding hydrogens is 266 g/mol. The van der Waals surface area contributed by atoms with Crippen LogP contribution in [-0.2, 0) is 14.3 Å². The predicted octanol–water partition coefficient (Wildman–Crippen LogP) is 3.36. The molecule has 1 N–H and O–H groups in total. The molecule has 2 aromatic carbocycles. The average Bonchev–Trinajstić information content (AvgIpc) is 3.01. The van der Waals surface area contributed by atoms with Gasteiger partial charge in [0.1, 0.15) is 0 Å². The van der Waals surface area contributed by atoms with Crippen molar-refractivity contribution in [2.24, 2.45) is 0 Å². The van der Waals surface area contributed by atoms with Crippen LogP contribution in [0.2, 0.25) is 0 Å². The van der Waals surface area contributed by atoms with Gasteiger partial charge in [0.2, 0.25) is 5.91 Å². The molecule has 0 atom stereocenters. The first-order chi connectivity index (χ1) is 10.2. The maximum absolute atomic E-state index is 11.2. The number of hydrogen-bond acceptors (Lipinski definition) is 3. The summed E-state index contributed by atoms with van der Waals surface area (Å²) in [5, 5.41) is 2.80. The zero-order chi connectivity index (χ0) is 14.7. The van der Waals surface area contributed by atoms with Gasteiger partial charge < -0.3 is 14.8 Å². The van der Waals surface area contributed by atoms with Gasteiger partial charge in [0, 0.05) is 18.2 Å². The van der Waals surface area contributed by atoms with Crippen LogP contribution in [0.3, 0.4) is 0 Å². The van der Waals surface area contributed by atoms with Crippen molar-refractivity contribution >= 4 is 11.6 Å². The monoisotopic (exact) mass is 283 g/mol. The molecule has 1 saturated heterocycles. The van der Waals surface area contributed by atoms with Gasteiger partial charge in [-0.25, -0.2) is 0 Å². The predicted molar refractivity (Wildman–Crippen MR) is 80.8 cm³/mol. The fourth-order valence-corrected chi connectivity index (χ4v) is 2.47. The third-order valence-electron chi connectivity index (χ3n) is 3.33. The Balaban J connectivity index is 1.98. The number of rotatable bonds is 3. The first-order valence-electron chi connectivity index (χ1n) is 6.94. The number of amides is 1. The summed E-state index contributed by atoms with van der Waals surface area (Å²) in [5.41, 5.74) is 3.87. The SMILES string of the molecule is CC(=O)Nc1cccc(-c2ccccc2C2OCCO2)c1. The van der Waals surface area contributed by atoms with Gasteiger partial charge in [-0.05, 0) is 23.3 Å². The molecule has 0 unspecified atom stereocenters. The van der Waals surface area contributed by atoms with Crippen molar-refractivity contribution in [2.45, 2.75) is 13.2 Å². The maximum atomic E-state index is 11.2. The topological polar surface area (TPSA) is 47.6 Å². The highest BCUT2D eigenvalue weighted by molar-refractivity contribution is 5.89. The van der Waals surface area contributed by atoms with Gasteiger partial charge in [-0.3, -0.25) is 4.79 Å². The van der Waals surface area contributed by atoms with Gasteiger partial charge in [-0.2, -0.15) is 0 Å². The largest absolute Gasteiger partial charge is 0.346 e. The Bertz CT molecular complexity index is 648. The standard InChI is InChI=1S/C17H17NO3/c1-12(19)18-14-6-4-5-13(11-14)15-7-2-3-8-16(15)17-20-9-10-21-17/h2-8,11,17H,9-10H2,1H3,(H,18,19). The highest BCUT2D eigenvalue weighted by Gasteiger charge is 2.21. The molecule has 0 aromatic heterocycles. The van der Waals surface area contributed by atoms with E-state index in [1.165, 1.54) is 6.92 Å². The van der Waals surface area contributed by atoms with Gasteiger partial charge in [0.25, 0.3) is 0 Å². The van der Waals surface area contributed by atoms with Crippen LogP contribution >= 0.6 is 0 Å². The molecule has 1 aliphatic rings. The summed E-state index contributed by atoms with van der Waals surface area (Å²) >= 11 is 0. The van der Waals surface area contributed by atoms with Crippen LogP contribution in [0.4, 0.5) is 5.69 Å². The molecule has 1 aliphatic heterocycles. The molecule has 0 spiro atoms. The Morgan fingerprint density at radius 3 is 2.62 bits per heavy atom. The summed E-state index contributed by atoms with van der Waals surface area (Å²) in [5.74, 6) is -0.0807. The Kier molecular flexibility index (Phi) is 3.99. The van der Waals surface area contributed by atoms with E-state index in [4.69, 9.17) is 9.47 Å². The molecule has 0 radical (unpaired) electrons. The summed E-state index contributed by atoms with van der Waals surface area (Å²) < 4.78 is 11.2. The fraction of sp³-hybridized carbons (Fsp3) is 0.235. The van der Waals surface area contributed by atoms with Gasteiger partial charge in [-0.15, -0.1) is 0 Å². The van der Waals surface area contributed by atoms with E-state index in [2.05, 4.69) is 5.32 Å². The van der Waals surface area contributed by atoms with Crippen LogP contribution in [0, 0.1) is 0 Å². The molecule has 0 bridgehead atoms. The van der Waals surface area contributed by atoms with Gasteiger partial charge in [0.15, 0.2) is 6.29 Å². The van der Waals surface area contributed by atoms with E-state index in [-0.39, 0.29) is 12.2 Å². The minimum atomic E-state index is -0.314. The van der Waals surface area contributed by atoms with Crippen LogP contribution in [0.1, 0.15) is 18.8 Å². The van der Waals surface area contributed by atoms with E-state index < -0.39 is 0 Å². The second-order valence-corrected chi connectivity index (χ2v) is 4.92. The number of carbonyl (C=O) groups excluding carboxylic acids is 1. The van der Waals surface area contributed by atoms with Crippen LogP contribution in [-0.4, -0.2) is 19.1 Å². The van der Waals surface area contributed by atoms with Gasteiger partial charge in [-0.1, -0.05) is 36.4 Å². The van der Waals surface area contributed by atoms with E-state index in [9.17, 15) is 4.79 Å². The molecule has 0 aliphatic carbocycles. The van der Waals surface area contributed by atoms with Crippen molar-refractivity contribution < 1.29 is 14.3 Å². The van der Waals surface area contributed by atoms with E-state index in [0.29, 0.717) is 13.2 Å². The lowest BCUT2D eigenvalue weighted by atomic mass is 9.99. The zero-order valence-electron chi connectivity index (χ0n) is 11.8. The molecule has 4 heteroatoms. The highest BCUT2D eigenvalue weighted by atomic mass is 16.7. The first kappa shape index (κ1) is 13.8. The third kappa shape index (κ3) is 3.12. The second-order valence-electron chi connectivity index (χ2n) is 4.92. The van der Waals surface area contributed by atoms with E-state index >= 15 is 0 Å². The summed E-state index contributed by atoms with van der Waals surface area (Å²) in [4.78, 5) is 11.2. The maximum Gasteiger partial charge on any atom is 0.221 e.